The van der Waals surface area contributed by atoms with Gasteiger partial charge in [-0.1, -0.05) is 6.07 Å². The van der Waals surface area contributed by atoms with E-state index < -0.39 is 11.8 Å². The third-order valence-corrected chi connectivity index (χ3v) is 3.61. The van der Waals surface area contributed by atoms with Crippen molar-refractivity contribution < 1.29 is 9.59 Å². The Balaban J connectivity index is 1.96. The second-order valence-corrected chi connectivity index (χ2v) is 5.35. The predicted molar refractivity (Wildman–Crippen MR) is 96.2 cm³/mol. The maximum Gasteiger partial charge on any atom is 0.315 e. The van der Waals surface area contributed by atoms with E-state index in [1.807, 2.05) is 25.1 Å². The Labute approximate surface area is 141 Å². The number of anilines is 3. The summed E-state index contributed by atoms with van der Waals surface area (Å²) in [5.74, 6) is -1.13. The summed E-state index contributed by atoms with van der Waals surface area (Å²) < 4.78 is 0. The maximum absolute atomic E-state index is 12.0. The van der Waals surface area contributed by atoms with E-state index in [2.05, 4.69) is 34.4 Å². The molecule has 0 bridgehead atoms. The van der Waals surface area contributed by atoms with Gasteiger partial charge in [0, 0.05) is 30.7 Å². The van der Waals surface area contributed by atoms with Crippen LogP contribution in [0, 0.1) is 6.92 Å². The molecular formula is C18H22N4O2. The number of benzene rings is 1. The van der Waals surface area contributed by atoms with E-state index in [0.717, 1.165) is 24.3 Å². The first-order valence-electron chi connectivity index (χ1n) is 7.93. The van der Waals surface area contributed by atoms with E-state index in [0.29, 0.717) is 11.5 Å². The van der Waals surface area contributed by atoms with E-state index >= 15 is 0 Å². The lowest BCUT2D eigenvalue weighted by Gasteiger charge is -2.21. The second-order valence-electron chi connectivity index (χ2n) is 5.35. The Kier molecular flexibility index (Phi) is 5.89. The van der Waals surface area contributed by atoms with Crippen LogP contribution in [0.5, 0.6) is 0 Å². The molecule has 0 aliphatic rings. The summed E-state index contributed by atoms with van der Waals surface area (Å²) in [5, 5.41) is 5.04. The zero-order valence-corrected chi connectivity index (χ0v) is 14.2. The van der Waals surface area contributed by atoms with Crippen LogP contribution in [-0.2, 0) is 9.59 Å². The van der Waals surface area contributed by atoms with Gasteiger partial charge in [0.15, 0.2) is 0 Å². The lowest BCUT2D eigenvalue weighted by molar-refractivity contribution is -0.133. The average Bonchev–Trinajstić information content (AvgIpc) is 2.59. The van der Waals surface area contributed by atoms with Crippen LogP contribution in [-0.4, -0.2) is 29.9 Å². The molecule has 1 aromatic carbocycles. The van der Waals surface area contributed by atoms with Crippen molar-refractivity contribution in [3.05, 3.63) is 48.2 Å². The molecule has 1 heterocycles. The predicted octanol–water partition coefficient (Wildman–Crippen LogP) is 2.81. The van der Waals surface area contributed by atoms with Crippen molar-refractivity contribution in [1.82, 2.24) is 4.98 Å². The second kappa shape index (κ2) is 8.10. The number of carbonyl (C=O) groups is 2. The number of carbonyl (C=O) groups excluding carboxylic acids is 2. The monoisotopic (exact) mass is 326 g/mol. The van der Waals surface area contributed by atoms with Crippen LogP contribution in [0.1, 0.15) is 19.4 Å². The number of nitrogens with zero attached hydrogens (tertiary/aromatic N) is 2. The van der Waals surface area contributed by atoms with Crippen LogP contribution in [0.2, 0.25) is 0 Å². The standard InChI is InChI=1S/C18H22N4O2/c1-4-22(5-2)15-9-7-14(8-10-15)20-17(23)18(24)21-16-11-6-13(3)12-19-16/h6-12H,4-5H2,1-3H3,(H,20,23)(H,19,21,24). The number of hydrogen-bond donors (Lipinski definition) is 2. The van der Waals surface area contributed by atoms with Crippen molar-refractivity contribution in [2.45, 2.75) is 20.8 Å². The van der Waals surface area contributed by atoms with Crippen LogP contribution in [0.15, 0.2) is 42.6 Å². The summed E-state index contributed by atoms with van der Waals surface area (Å²) in [6.07, 6.45) is 1.62. The molecule has 24 heavy (non-hydrogen) atoms. The van der Waals surface area contributed by atoms with Crippen molar-refractivity contribution >= 4 is 29.0 Å². The van der Waals surface area contributed by atoms with Gasteiger partial charge in [0.05, 0.1) is 0 Å². The summed E-state index contributed by atoms with van der Waals surface area (Å²) >= 11 is 0. The quantitative estimate of drug-likeness (QED) is 0.829. The summed E-state index contributed by atoms with van der Waals surface area (Å²) in [4.78, 5) is 30.1. The van der Waals surface area contributed by atoms with Crippen LogP contribution in [0.4, 0.5) is 17.2 Å². The SMILES string of the molecule is CCN(CC)c1ccc(NC(=O)C(=O)Nc2ccc(C)cn2)cc1. The maximum atomic E-state index is 12.0. The minimum atomic E-state index is -0.751. The van der Waals surface area contributed by atoms with Gasteiger partial charge in [-0.05, 0) is 56.7 Å². The molecule has 0 atom stereocenters. The summed E-state index contributed by atoms with van der Waals surface area (Å²) in [5.41, 5.74) is 2.62. The van der Waals surface area contributed by atoms with Crippen molar-refractivity contribution in [2.24, 2.45) is 0 Å². The molecule has 2 N–H and O–H groups in total. The molecule has 6 heteroatoms. The Morgan fingerprint density at radius 1 is 0.958 bits per heavy atom. The number of rotatable bonds is 5. The molecule has 0 saturated carbocycles. The number of aryl methyl sites for hydroxylation is 1. The van der Waals surface area contributed by atoms with Crippen molar-refractivity contribution in [2.75, 3.05) is 28.6 Å². The fourth-order valence-corrected chi connectivity index (χ4v) is 2.25. The third-order valence-electron chi connectivity index (χ3n) is 3.61. The lowest BCUT2D eigenvalue weighted by atomic mass is 10.2. The first-order chi connectivity index (χ1) is 11.5. The largest absolute Gasteiger partial charge is 0.372 e. The molecule has 0 fully saturated rings. The zero-order chi connectivity index (χ0) is 17.5. The lowest BCUT2D eigenvalue weighted by Crippen LogP contribution is -2.29. The van der Waals surface area contributed by atoms with Gasteiger partial charge < -0.3 is 15.5 Å². The molecular weight excluding hydrogens is 304 g/mol. The van der Waals surface area contributed by atoms with Gasteiger partial charge in [-0.25, -0.2) is 4.98 Å². The highest BCUT2D eigenvalue weighted by molar-refractivity contribution is 6.43. The van der Waals surface area contributed by atoms with Gasteiger partial charge in [-0.3, -0.25) is 9.59 Å². The van der Waals surface area contributed by atoms with Crippen LogP contribution >= 0.6 is 0 Å². The fourth-order valence-electron chi connectivity index (χ4n) is 2.25. The minimum Gasteiger partial charge on any atom is -0.372 e. The molecule has 0 spiro atoms. The average molecular weight is 326 g/mol. The Morgan fingerprint density at radius 2 is 1.58 bits per heavy atom. The normalized spacial score (nSPS) is 10.1. The first kappa shape index (κ1) is 17.5. The summed E-state index contributed by atoms with van der Waals surface area (Å²) in [6.45, 7) is 7.89. The number of pyridine rings is 1. The molecule has 0 aliphatic heterocycles. The van der Waals surface area contributed by atoms with Gasteiger partial charge in [-0.15, -0.1) is 0 Å². The van der Waals surface area contributed by atoms with Crippen molar-refractivity contribution in [3.63, 3.8) is 0 Å². The zero-order valence-electron chi connectivity index (χ0n) is 14.2. The Hall–Kier alpha value is -2.89. The molecule has 2 rings (SSSR count). The van der Waals surface area contributed by atoms with Crippen LogP contribution < -0.4 is 15.5 Å². The van der Waals surface area contributed by atoms with Crippen LogP contribution in [0.3, 0.4) is 0 Å². The highest BCUT2D eigenvalue weighted by Crippen LogP contribution is 2.17. The molecule has 0 radical (unpaired) electrons. The Bertz CT molecular complexity index is 692. The number of nitrogens with one attached hydrogen (secondary N) is 2. The topological polar surface area (TPSA) is 74.3 Å². The Morgan fingerprint density at radius 3 is 2.12 bits per heavy atom. The molecule has 6 nitrogen and oxygen atoms in total. The van der Waals surface area contributed by atoms with Gasteiger partial charge in [0.25, 0.3) is 0 Å². The molecule has 0 unspecified atom stereocenters. The van der Waals surface area contributed by atoms with E-state index in [1.165, 1.54) is 0 Å². The summed E-state index contributed by atoms with van der Waals surface area (Å²) in [7, 11) is 0. The minimum absolute atomic E-state index is 0.345. The van der Waals surface area contributed by atoms with E-state index in [-0.39, 0.29) is 0 Å². The fraction of sp³-hybridized carbons (Fsp3) is 0.278. The molecule has 1 aromatic heterocycles. The number of hydrogen-bond acceptors (Lipinski definition) is 4. The summed E-state index contributed by atoms with van der Waals surface area (Å²) in [6, 6.07) is 10.9. The molecule has 2 amide bonds. The van der Waals surface area contributed by atoms with E-state index in [1.54, 1.807) is 24.4 Å². The highest BCUT2D eigenvalue weighted by Gasteiger charge is 2.14. The van der Waals surface area contributed by atoms with Crippen molar-refractivity contribution in [1.29, 1.82) is 0 Å². The third kappa shape index (κ3) is 4.55. The highest BCUT2D eigenvalue weighted by atomic mass is 16.2. The molecule has 126 valence electrons. The smallest absolute Gasteiger partial charge is 0.315 e. The first-order valence-corrected chi connectivity index (χ1v) is 7.93. The van der Waals surface area contributed by atoms with E-state index in [4.69, 9.17) is 0 Å². The van der Waals surface area contributed by atoms with Gasteiger partial charge >= 0.3 is 11.8 Å². The van der Waals surface area contributed by atoms with E-state index in [9.17, 15) is 9.59 Å². The van der Waals surface area contributed by atoms with Gasteiger partial charge in [0.2, 0.25) is 0 Å². The molecule has 0 saturated heterocycles. The number of amides is 2. The van der Waals surface area contributed by atoms with Crippen molar-refractivity contribution in [3.8, 4) is 0 Å². The molecule has 0 aliphatic carbocycles. The molecule has 2 aromatic rings. The van der Waals surface area contributed by atoms with Gasteiger partial charge in [0.1, 0.15) is 5.82 Å². The van der Waals surface area contributed by atoms with Gasteiger partial charge in [-0.2, -0.15) is 0 Å². The number of aromatic nitrogens is 1. The van der Waals surface area contributed by atoms with Crippen LogP contribution in [0.25, 0.3) is 0 Å².